The molecular formula is C18H18ClNO4. The lowest BCUT2D eigenvalue weighted by atomic mass is 10.2. The highest BCUT2D eigenvalue weighted by atomic mass is 35.5. The molecule has 2 aromatic rings. The molecule has 1 unspecified atom stereocenters. The molecule has 0 spiro atoms. The third-order valence-electron chi connectivity index (χ3n) is 3.66. The Balaban J connectivity index is 1.57. The second kappa shape index (κ2) is 7.45. The van der Waals surface area contributed by atoms with Crippen LogP contribution in [0.15, 0.2) is 42.5 Å². The van der Waals surface area contributed by atoms with E-state index in [1.54, 1.807) is 24.3 Å². The van der Waals surface area contributed by atoms with Gasteiger partial charge in [-0.3, -0.25) is 4.79 Å². The molecule has 2 aromatic carbocycles. The van der Waals surface area contributed by atoms with Gasteiger partial charge in [0.05, 0.1) is 0 Å². The van der Waals surface area contributed by atoms with Gasteiger partial charge in [0.25, 0.3) is 5.91 Å². The quantitative estimate of drug-likeness (QED) is 0.868. The molecule has 0 fully saturated rings. The number of hydrogen-bond acceptors (Lipinski definition) is 4. The molecule has 0 saturated carbocycles. The Morgan fingerprint density at radius 1 is 1.21 bits per heavy atom. The first-order valence-electron chi connectivity index (χ1n) is 7.74. The van der Waals surface area contributed by atoms with Gasteiger partial charge in [-0.15, -0.1) is 0 Å². The van der Waals surface area contributed by atoms with Crippen LogP contribution >= 0.6 is 11.6 Å². The van der Waals surface area contributed by atoms with Gasteiger partial charge in [0, 0.05) is 11.6 Å². The predicted molar refractivity (Wildman–Crippen MR) is 90.6 cm³/mol. The predicted octanol–water partition coefficient (Wildman–Crippen LogP) is 3.54. The third-order valence-corrected chi connectivity index (χ3v) is 3.91. The van der Waals surface area contributed by atoms with Crippen LogP contribution in [0.5, 0.6) is 17.2 Å². The number of halogens is 1. The van der Waals surface area contributed by atoms with Gasteiger partial charge in [-0.05, 0) is 48.4 Å². The van der Waals surface area contributed by atoms with Crippen molar-refractivity contribution in [2.45, 2.75) is 26.0 Å². The maximum Gasteiger partial charge on any atom is 0.261 e. The normalized spacial score (nSPS) is 13.4. The summed E-state index contributed by atoms with van der Waals surface area (Å²) < 4.78 is 16.3. The number of benzene rings is 2. The molecule has 0 radical (unpaired) electrons. The standard InChI is InChI=1S/C18H18ClNO4/c1-2-15(24-14-6-4-13(19)5-7-14)18(21)20-10-12-3-8-16-17(9-12)23-11-22-16/h3-9,15H,2,10-11H2,1H3,(H,20,21). The van der Waals surface area contributed by atoms with Crippen molar-refractivity contribution < 1.29 is 19.0 Å². The van der Waals surface area contributed by atoms with E-state index in [0.717, 1.165) is 11.3 Å². The first-order chi connectivity index (χ1) is 11.7. The number of ether oxygens (including phenoxy) is 3. The van der Waals surface area contributed by atoms with E-state index in [9.17, 15) is 4.79 Å². The molecule has 1 amide bonds. The van der Waals surface area contributed by atoms with Crippen molar-refractivity contribution in [3.8, 4) is 17.2 Å². The molecule has 0 aromatic heterocycles. The Kier molecular flexibility index (Phi) is 5.11. The highest BCUT2D eigenvalue weighted by molar-refractivity contribution is 6.30. The second-order valence-corrected chi connectivity index (χ2v) is 5.81. The van der Waals surface area contributed by atoms with Crippen LogP contribution in [0.2, 0.25) is 5.02 Å². The summed E-state index contributed by atoms with van der Waals surface area (Å²) in [6.07, 6.45) is 0.00969. The molecule has 1 N–H and O–H groups in total. The Morgan fingerprint density at radius 2 is 1.96 bits per heavy atom. The molecular weight excluding hydrogens is 330 g/mol. The van der Waals surface area contributed by atoms with Crippen LogP contribution in [0.4, 0.5) is 0 Å². The molecule has 1 aliphatic heterocycles. The molecule has 5 nitrogen and oxygen atoms in total. The van der Waals surface area contributed by atoms with Crippen molar-refractivity contribution in [2.75, 3.05) is 6.79 Å². The zero-order valence-electron chi connectivity index (χ0n) is 13.3. The number of fused-ring (bicyclic) bond motifs is 1. The van der Waals surface area contributed by atoms with E-state index < -0.39 is 6.10 Å². The van der Waals surface area contributed by atoms with E-state index in [-0.39, 0.29) is 12.7 Å². The van der Waals surface area contributed by atoms with E-state index in [2.05, 4.69) is 5.32 Å². The molecule has 3 rings (SSSR count). The minimum absolute atomic E-state index is 0.162. The number of rotatable bonds is 6. The molecule has 0 bridgehead atoms. The second-order valence-electron chi connectivity index (χ2n) is 5.37. The first-order valence-corrected chi connectivity index (χ1v) is 8.12. The van der Waals surface area contributed by atoms with Crippen LogP contribution in [0.3, 0.4) is 0 Å². The van der Waals surface area contributed by atoms with E-state index in [0.29, 0.717) is 29.5 Å². The van der Waals surface area contributed by atoms with Crippen LogP contribution in [0.25, 0.3) is 0 Å². The molecule has 126 valence electrons. The molecule has 1 atom stereocenters. The van der Waals surface area contributed by atoms with E-state index >= 15 is 0 Å². The Bertz CT molecular complexity index is 717. The molecule has 24 heavy (non-hydrogen) atoms. The van der Waals surface area contributed by atoms with Crippen LogP contribution in [-0.4, -0.2) is 18.8 Å². The van der Waals surface area contributed by atoms with Crippen molar-refractivity contribution >= 4 is 17.5 Å². The lowest BCUT2D eigenvalue weighted by Crippen LogP contribution is -2.37. The Hall–Kier alpha value is -2.40. The Labute approximate surface area is 145 Å². The van der Waals surface area contributed by atoms with Crippen molar-refractivity contribution in [2.24, 2.45) is 0 Å². The van der Waals surface area contributed by atoms with Gasteiger partial charge < -0.3 is 19.5 Å². The summed E-state index contributed by atoms with van der Waals surface area (Å²) in [6, 6.07) is 12.6. The maximum atomic E-state index is 12.3. The summed E-state index contributed by atoms with van der Waals surface area (Å²) in [4.78, 5) is 12.3. The van der Waals surface area contributed by atoms with Gasteiger partial charge in [0.2, 0.25) is 6.79 Å². The number of carbonyl (C=O) groups is 1. The zero-order valence-corrected chi connectivity index (χ0v) is 14.0. The smallest absolute Gasteiger partial charge is 0.261 e. The first kappa shape index (κ1) is 16.5. The number of hydrogen-bond donors (Lipinski definition) is 1. The fourth-order valence-electron chi connectivity index (χ4n) is 2.35. The SMILES string of the molecule is CCC(Oc1ccc(Cl)cc1)C(=O)NCc1ccc2c(c1)OCO2. The molecule has 1 heterocycles. The lowest BCUT2D eigenvalue weighted by Gasteiger charge is -2.17. The lowest BCUT2D eigenvalue weighted by molar-refractivity contribution is -0.128. The fraction of sp³-hybridized carbons (Fsp3) is 0.278. The van der Waals surface area contributed by atoms with Crippen molar-refractivity contribution in [3.63, 3.8) is 0 Å². The van der Waals surface area contributed by atoms with Crippen molar-refractivity contribution in [1.29, 1.82) is 0 Å². The summed E-state index contributed by atoms with van der Waals surface area (Å²) in [5, 5.41) is 3.51. The number of nitrogens with one attached hydrogen (secondary N) is 1. The van der Waals surface area contributed by atoms with Gasteiger partial charge in [0.1, 0.15) is 5.75 Å². The summed E-state index contributed by atoms with van der Waals surface area (Å²) in [5.41, 5.74) is 0.939. The van der Waals surface area contributed by atoms with E-state index in [4.69, 9.17) is 25.8 Å². The third kappa shape index (κ3) is 3.92. The minimum atomic E-state index is -0.555. The molecule has 6 heteroatoms. The number of amides is 1. The van der Waals surface area contributed by atoms with Gasteiger partial charge in [-0.25, -0.2) is 0 Å². The largest absolute Gasteiger partial charge is 0.481 e. The fourth-order valence-corrected chi connectivity index (χ4v) is 2.48. The number of carbonyl (C=O) groups excluding carboxylic acids is 1. The summed E-state index contributed by atoms with van der Waals surface area (Å²) >= 11 is 5.85. The van der Waals surface area contributed by atoms with Crippen LogP contribution in [0.1, 0.15) is 18.9 Å². The minimum Gasteiger partial charge on any atom is -0.481 e. The zero-order chi connectivity index (χ0) is 16.9. The van der Waals surface area contributed by atoms with Crippen LogP contribution < -0.4 is 19.5 Å². The highest BCUT2D eigenvalue weighted by Crippen LogP contribution is 2.32. The Morgan fingerprint density at radius 3 is 2.71 bits per heavy atom. The van der Waals surface area contributed by atoms with Crippen LogP contribution in [0, 0.1) is 0 Å². The van der Waals surface area contributed by atoms with Gasteiger partial charge in [-0.1, -0.05) is 24.6 Å². The monoisotopic (exact) mass is 347 g/mol. The summed E-state index contributed by atoms with van der Waals surface area (Å²) in [7, 11) is 0. The molecule has 1 aliphatic rings. The van der Waals surface area contributed by atoms with E-state index in [1.165, 1.54) is 0 Å². The van der Waals surface area contributed by atoms with Crippen molar-refractivity contribution in [1.82, 2.24) is 5.32 Å². The average molecular weight is 348 g/mol. The van der Waals surface area contributed by atoms with Crippen LogP contribution in [-0.2, 0) is 11.3 Å². The maximum absolute atomic E-state index is 12.3. The molecule has 0 aliphatic carbocycles. The summed E-state index contributed by atoms with van der Waals surface area (Å²) in [6.45, 7) is 2.54. The highest BCUT2D eigenvalue weighted by Gasteiger charge is 2.19. The van der Waals surface area contributed by atoms with Gasteiger partial charge in [-0.2, -0.15) is 0 Å². The van der Waals surface area contributed by atoms with Crippen molar-refractivity contribution in [3.05, 3.63) is 53.1 Å². The summed E-state index contributed by atoms with van der Waals surface area (Å²) in [5.74, 6) is 1.88. The average Bonchev–Trinajstić information content (AvgIpc) is 3.07. The van der Waals surface area contributed by atoms with E-state index in [1.807, 2.05) is 25.1 Å². The molecule has 0 saturated heterocycles. The van der Waals surface area contributed by atoms with Gasteiger partial charge >= 0.3 is 0 Å². The van der Waals surface area contributed by atoms with Gasteiger partial charge in [0.15, 0.2) is 17.6 Å². The topological polar surface area (TPSA) is 56.8 Å².